The highest BCUT2D eigenvalue weighted by Crippen LogP contribution is 2.31. The van der Waals surface area contributed by atoms with Crippen molar-refractivity contribution < 1.29 is 44.3 Å². The van der Waals surface area contributed by atoms with Crippen molar-refractivity contribution in [1.29, 1.82) is 0 Å². The lowest BCUT2D eigenvalue weighted by Crippen LogP contribution is -2.56. The highest BCUT2D eigenvalue weighted by molar-refractivity contribution is 6.28. The van der Waals surface area contributed by atoms with Crippen LogP contribution in [-0.2, 0) is 25.5 Å². The molecule has 17 heteroatoms. The van der Waals surface area contributed by atoms with Crippen LogP contribution in [0.3, 0.4) is 0 Å². The summed E-state index contributed by atoms with van der Waals surface area (Å²) in [5, 5.41) is 45.0. The number of hydrogen-bond donors (Lipinski definition) is 6. The molecule has 1 aliphatic rings. The molecule has 0 aliphatic carbocycles. The molecule has 1 aromatic carbocycles. The summed E-state index contributed by atoms with van der Waals surface area (Å²) in [5.74, 6) is -1.80. The van der Waals surface area contributed by atoms with Gasteiger partial charge in [0.15, 0.2) is 23.3 Å². The number of nitrogens with one attached hydrogen (secondary N) is 1. The molecule has 0 radical (unpaired) electrons. The number of terminal acetylenes is 1. The van der Waals surface area contributed by atoms with E-state index in [2.05, 4.69) is 20.3 Å². The Morgan fingerprint density at radius 2 is 1.93 bits per heavy atom. The molecule has 0 saturated carbocycles. The number of nitrogen functional groups attached to an aromatic ring is 1. The average molecular weight is 618 g/mol. The van der Waals surface area contributed by atoms with Gasteiger partial charge < -0.3 is 41.0 Å². The molecule has 3 heterocycles. The molecular formula is C26H28ClN7O9. The number of aliphatic hydroxyl groups excluding tert-OH is 1. The minimum atomic E-state index is -2.86. The summed E-state index contributed by atoms with van der Waals surface area (Å²) in [6.45, 7) is 0.130. The molecule has 3 aromatic rings. The first kappa shape index (κ1) is 31.4. The lowest BCUT2D eigenvalue weighted by molar-refractivity contribution is -0.202. The Bertz CT molecular complexity index is 1560. The number of benzene rings is 1. The van der Waals surface area contributed by atoms with Gasteiger partial charge in [-0.15, -0.1) is 6.42 Å². The number of carboxylic acids is 2. The van der Waals surface area contributed by atoms with Gasteiger partial charge in [-0.2, -0.15) is 9.97 Å². The van der Waals surface area contributed by atoms with Crippen LogP contribution < -0.4 is 16.0 Å². The molecule has 7 N–H and O–H groups in total. The van der Waals surface area contributed by atoms with Gasteiger partial charge in [0.25, 0.3) is 5.60 Å². The zero-order chi connectivity index (χ0) is 31.5. The fourth-order valence-corrected chi connectivity index (χ4v) is 4.77. The third-order valence-corrected chi connectivity index (χ3v) is 7.21. The number of fused-ring (bicyclic) bond motifs is 1. The topological polar surface area (TPSA) is 235 Å². The number of methoxy groups -OCH3 is 1. The van der Waals surface area contributed by atoms with Crippen LogP contribution >= 0.6 is 11.6 Å². The standard InChI is InChI=1S/C26H28ClN7O9/c1-3-25(41,20(35)34-13-30-17-18(28)31-23(27)32-19(17)34)16(42-2)12-43-26(21(36)37,22(38)39)11-14-5-7-15(8-6-14)33-10-4-9-29-24(33)40/h1,5-8,13,16,20,35,41H,4,9-12H2,2H3,(H,29,40)(H,36,37)(H,38,39)(H2,28,31,32)/t16-,20-,25-/m1/s1. The highest BCUT2D eigenvalue weighted by atomic mass is 35.5. The monoisotopic (exact) mass is 617 g/mol. The number of halogens is 1. The van der Waals surface area contributed by atoms with Gasteiger partial charge in [0.2, 0.25) is 5.28 Å². The number of carboxylic acid groups (broad SMARTS) is 2. The smallest absolute Gasteiger partial charge is 0.348 e. The minimum absolute atomic E-state index is 0.0377. The fraction of sp³-hybridized carbons (Fsp3) is 0.385. The van der Waals surface area contributed by atoms with Crippen LogP contribution in [0.15, 0.2) is 30.6 Å². The van der Waals surface area contributed by atoms with Crippen LogP contribution in [0.25, 0.3) is 11.2 Å². The van der Waals surface area contributed by atoms with Crippen LogP contribution in [0, 0.1) is 12.3 Å². The maximum absolute atomic E-state index is 12.4. The van der Waals surface area contributed by atoms with Crippen molar-refractivity contribution in [1.82, 2.24) is 24.8 Å². The predicted molar refractivity (Wildman–Crippen MR) is 150 cm³/mol. The molecule has 16 nitrogen and oxygen atoms in total. The maximum Gasteiger partial charge on any atom is 0.348 e. The first-order valence-corrected chi connectivity index (χ1v) is 13.1. The summed E-state index contributed by atoms with van der Waals surface area (Å²) in [5.41, 5.74) is 1.02. The number of nitrogens with two attached hydrogens (primary N) is 1. The van der Waals surface area contributed by atoms with Gasteiger partial charge in [-0.1, -0.05) is 18.1 Å². The number of hydrogen-bond acceptors (Lipinski definition) is 11. The Hall–Kier alpha value is -4.53. The number of imidazole rings is 1. The molecule has 4 rings (SSSR count). The summed E-state index contributed by atoms with van der Waals surface area (Å²) < 4.78 is 11.7. The Kier molecular flexibility index (Phi) is 9.04. The van der Waals surface area contributed by atoms with Crippen LogP contribution in [0.1, 0.15) is 18.2 Å². The minimum Gasteiger partial charge on any atom is -0.479 e. The third kappa shape index (κ3) is 5.89. The Morgan fingerprint density at radius 3 is 2.51 bits per heavy atom. The van der Waals surface area contributed by atoms with Crippen molar-refractivity contribution in [3.8, 4) is 12.3 Å². The second kappa shape index (κ2) is 12.4. The van der Waals surface area contributed by atoms with E-state index in [1.807, 2.05) is 5.92 Å². The second-order valence-corrected chi connectivity index (χ2v) is 9.94. The van der Waals surface area contributed by atoms with Crippen molar-refractivity contribution >= 4 is 52.2 Å². The van der Waals surface area contributed by atoms with Gasteiger partial charge in [0, 0.05) is 32.3 Å². The van der Waals surface area contributed by atoms with Crippen LogP contribution in [-0.4, -0.2) is 102 Å². The summed E-state index contributed by atoms with van der Waals surface area (Å²) in [7, 11) is 1.09. The predicted octanol–water partition coefficient (Wildman–Crippen LogP) is 0.0191. The molecule has 0 unspecified atom stereocenters. The number of nitrogens with zero attached hydrogens (tertiary/aromatic N) is 5. The molecular weight excluding hydrogens is 590 g/mol. The Morgan fingerprint density at radius 1 is 1.26 bits per heavy atom. The van der Waals surface area contributed by atoms with Crippen molar-refractivity contribution in [3.05, 3.63) is 41.4 Å². The normalized spacial score (nSPS) is 16.6. The van der Waals surface area contributed by atoms with E-state index in [0.29, 0.717) is 18.8 Å². The molecule has 0 spiro atoms. The van der Waals surface area contributed by atoms with E-state index in [0.717, 1.165) is 24.4 Å². The van der Waals surface area contributed by atoms with Crippen LogP contribution in [0.5, 0.6) is 0 Å². The van der Waals surface area contributed by atoms with E-state index >= 15 is 0 Å². The first-order valence-electron chi connectivity index (χ1n) is 12.7. The number of ether oxygens (including phenoxy) is 2. The summed E-state index contributed by atoms with van der Waals surface area (Å²) in [6, 6.07) is 5.76. The number of aromatic nitrogens is 4. The summed E-state index contributed by atoms with van der Waals surface area (Å²) in [6.07, 6.45) is 3.00. The number of aliphatic carboxylic acids is 2. The van der Waals surface area contributed by atoms with E-state index < -0.39 is 48.5 Å². The second-order valence-electron chi connectivity index (χ2n) is 9.60. The number of amides is 2. The number of urea groups is 1. The molecule has 43 heavy (non-hydrogen) atoms. The number of aliphatic hydroxyl groups is 2. The molecule has 3 atom stereocenters. The molecule has 1 aliphatic heterocycles. The van der Waals surface area contributed by atoms with Gasteiger partial charge in [-0.05, 0) is 35.7 Å². The molecule has 0 bridgehead atoms. The third-order valence-electron chi connectivity index (χ3n) is 7.04. The van der Waals surface area contributed by atoms with E-state index in [4.69, 9.17) is 33.2 Å². The fourth-order valence-electron chi connectivity index (χ4n) is 4.60. The molecule has 228 valence electrons. The number of anilines is 2. The van der Waals surface area contributed by atoms with E-state index in [1.165, 1.54) is 17.0 Å². The SMILES string of the molecule is C#C[C@@](O)([C@@H](COC(Cc1ccc(N2CCCNC2=O)cc1)(C(=O)O)C(=O)O)OC)[C@@H](O)n1cnc2c(N)nc(Cl)nc21. The lowest BCUT2D eigenvalue weighted by atomic mass is 9.92. The van der Waals surface area contributed by atoms with Crippen molar-refractivity contribution in [2.75, 3.05) is 37.4 Å². The Balaban J connectivity index is 1.59. The molecule has 2 aromatic heterocycles. The van der Waals surface area contributed by atoms with Crippen molar-refractivity contribution in [3.63, 3.8) is 0 Å². The van der Waals surface area contributed by atoms with Gasteiger partial charge in [0.05, 0.1) is 12.9 Å². The van der Waals surface area contributed by atoms with Gasteiger partial charge in [-0.25, -0.2) is 19.4 Å². The zero-order valence-electron chi connectivity index (χ0n) is 22.7. The Labute approximate surface area is 249 Å². The highest BCUT2D eigenvalue weighted by Gasteiger charge is 2.51. The van der Waals surface area contributed by atoms with E-state index in [9.17, 15) is 34.8 Å². The van der Waals surface area contributed by atoms with E-state index in [-0.39, 0.29) is 33.9 Å². The zero-order valence-corrected chi connectivity index (χ0v) is 23.4. The summed E-state index contributed by atoms with van der Waals surface area (Å²) >= 11 is 5.87. The molecule has 1 fully saturated rings. The van der Waals surface area contributed by atoms with Crippen molar-refractivity contribution in [2.24, 2.45) is 0 Å². The van der Waals surface area contributed by atoms with Gasteiger partial charge in [0.1, 0.15) is 11.6 Å². The summed E-state index contributed by atoms with van der Waals surface area (Å²) in [4.78, 5) is 50.1. The molecule has 1 saturated heterocycles. The number of carbonyl (C=O) groups is 3. The maximum atomic E-state index is 12.4. The van der Waals surface area contributed by atoms with Crippen molar-refractivity contribution in [2.45, 2.75) is 36.4 Å². The molecule has 2 amide bonds. The van der Waals surface area contributed by atoms with Gasteiger partial charge in [-0.3, -0.25) is 9.47 Å². The lowest BCUT2D eigenvalue weighted by Gasteiger charge is -2.36. The average Bonchev–Trinajstić information content (AvgIpc) is 3.40. The van der Waals surface area contributed by atoms with Crippen LogP contribution in [0.2, 0.25) is 5.28 Å². The number of rotatable bonds is 12. The quantitative estimate of drug-likeness (QED) is 0.0894. The number of carbonyl (C=O) groups excluding carboxylic acids is 1. The largest absolute Gasteiger partial charge is 0.479 e. The van der Waals surface area contributed by atoms with Gasteiger partial charge >= 0.3 is 18.0 Å². The first-order chi connectivity index (χ1) is 20.4. The van der Waals surface area contributed by atoms with E-state index in [1.54, 1.807) is 12.1 Å². The van der Waals surface area contributed by atoms with Crippen LogP contribution in [0.4, 0.5) is 16.3 Å².